The van der Waals surface area contributed by atoms with E-state index in [0.29, 0.717) is 12.1 Å². The van der Waals surface area contributed by atoms with Crippen molar-refractivity contribution in [3.63, 3.8) is 0 Å². The van der Waals surface area contributed by atoms with Crippen molar-refractivity contribution in [2.24, 2.45) is 5.92 Å². The first-order chi connectivity index (χ1) is 8.63. The summed E-state index contributed by atoms with van der Waals surface area (Å²) < 4.78 is 11.1. The molecule has 2 rings (SSSR count). The standard InChI is InChI=1S/C14H24N2O2/c1-10(2)15-8-12-9-17-14(16-12)18-13-6-4-11(3)5-7-13/h9-11,13,15H,4-8H2,1-3H3. The van der Waals surface area contributed by atoms with Crippen LogP contribution in [0.3, 0.4) is 0 Å². The maximum Gasteiger partial charge on any atom is 0.394 e. The molecule has 1 aliphatic rings. The third-order valence-corrected chi connectivity index (χ3v) is 3.45. The van der Waals surface area contributed by atoms with Crippen LogP contribution < -0.4 is 10.1 Å². The predicted molar refractivity (Wildman–Crippen MR) is 70.5 cm³/mol. The molecular formula is C14H24N2O2. The molecule has 102 valence electrons. The van der Waals surface area contributed by atoms with Crippen LogP contribution in [0, 0.1) is 5.92 Å². The van der Waals surface area contributed by atoms with Crippen LogP contribution in [-0.2, 0) is 6.54 Å². The Hall–Kier alpha value is -1.03. The van der Waals surface area contributed by atoms with Crippen LogP contribution in [-0.4, -0.2) is 17.1 Å². The van der Waals surface area contributed by atoms with Crippen LogP contribution >= 0.6 is 0 Å². The van der Waals surface area contributed by atoms with E-state index in [0.717, 1.165) is 31.0 Å². The molecule has 1 aliphatic carbocycles. The van der Waals surface area contributed by atoms with Gasteiger partial charge in [-0.1, -0.05) is 20.8 Å². The van der Waals surface area contributed by atoms with E-state index < -0.39 is 0 Å². The highest BCUT2D eigenvalue weighted by Crippen LogP contribution is 2.26. The fourth-order valence-corrected chi connectivity index (χ4v) is 2.22. The van der Waals surface area contributed by atoms with Gasteiger partial charge in [0.05, 0.1) is 5.69 Å². The van der Waals surface area contributed by atoms with Crippen molar-refractivity contribution in [2.45, 2.75) is 65.1 Å². The molecule has 1 heterocycles. The Morgan fingerprint density at radius 1 is 1.39 bits per heavy atom. The van der Waals surface area contributed by atoms with Gasteiger partial charge in [-0.25, -0.2) is 0 Å². The van der Waals surface area contributed by atoms with Gasteiger partial charge in [-0.2, -0.15) is 4.98 Å². The zero-order valence-corrected chi connectivity index (χ0v) is 11.6. The molecule has 1 aromatic heterocycles. The SMILES string of the molecule is CC1CCC(Oc2nc(CNC(C)C)co2)CC1. The second-order valence-corrected chi connectivity index (χ2v) is 5.64. The molecule has 0 radical (unpaired) electrons. The summed E-state index contributed by atoms with van der Waals surface area (Å²) in [6.45, 7) is 7.25. The minimum atomic E-state index is 0.283. The average molecular weight is 252 g/mol. The number of ether oxygens (including phenoxy) is 1. The number of aromatic nitrogens is 1. The number of rotatable bonds is 5. The van der Waals surface area contributed by atoms with Gasteiger partial charge in [-0.05, 0) is 31.6 Å². The minimum absolute atomic E-state index is 0.283. The Bertz CT molecular complexity index is 354. The molecule has 0 saturated heterocycles. The zero-order valence-electron chi connectivity index (χ0n) is 11.6. The van der Waals surface area contributed by atoms with Gasteiger partial charge in [-0.3, -0.25) is 0 Å². The molecule has 1 fully saturated rings. The lowest BCUT2D eigenvalue weighted by Gasteiger charge is -2.25. The quantitative estimate of drug-likeness (QED) is 0.874. The summed E-state index contributed by atoms with van der Waals surface area (Å²) in [6.07, 6.45) is 7.10. The third kappa shape index (κ3) is 4.02. The third-order valence-electron chi connectivity index (χ3n) is 3.45. The second kappa shape index (κ2) is 6.23. The van der Waals surface area contributed by atoms with Crippen LogP contribution in [0.1, 0.15) is 52.1 Å². The largest absolute Gasteiger partial charge is 0.447 e. The summed E-state index contributed by atoms with van der Waals surface area (Å²) in [5.41, 5.74) is 0.905. The Morgan fingerprint density at radius 3 is 2.78 bits per heavy atom. The first kappa shape index (κ1) is 13.4. The van der Waals surface area contributed by atoms with Gasteiger partial charge in [0, 0.05) is 12.6 Å². The van der Waals surface area contributed by atoms with Crippen LogP contribution in [0.4, 0.5) is 0 Å². The van der Waals surface area contributed by atoms with Crippen LogP contribution in [0.5, 0.6) is 6.08 Å². The highest BCUT2D eigenvalue weighted by molar-refractivity contribution is 5.00. The van der Waals surface area contributed by atoms with Crippen LogP contribution in [0.25, 0.3) is 0 Å². The molecule has 0 spiro atoms. The first-order valence-corrected chi connectivity index (χ1v) is 6.98. The van der Waals surface area contributed by atoms with E-state index in [1.807, 2.05) is 0 Å². The van der Waals surface area contributed by atoms with Crippen molar-refractivity contribution < 1.29 is 9.15 Å². The summed E-state index contributed by atoms with van der Waals surface area (Å²) >= 11 is 0. The first-order valence-electron chi connectivity index (χ1n) is 6.98. The Morgan fingerprint density at radius 2 is 2.11 bits per heavy atom. The van der Waals surface area contributed by atoms with Crippen LogP contribution in [0.15, 0.2) is 10.7 Å². The number of hydrogen-bond donors (Lipinski definition) is 1. The van der Waals surface area contributed by atoms with Crippen molar-refractivity contribution in [1.29, 1.82) is 0 Å². The summed E-state index contributed by atoms with van der Waals surface area (Å²) in [5.74, 6) is 0.834. The van der Waals surface area contributed by atoms with E-state index in [1.54, 1.807) is 6.26 Å². The fourth-order valence-electron chi connectivity index (χ4n) is 2.22. The van der Waals surface area contributed by atoms with Crippen molar-refractivity contribution in [3.8, 4) is 6.08 Å². The molecule has 0 aromatic carbocycles. The highest BCUT2D eigenvalue weighted by Gasteiger charge is 2.21. The lowest BCUT2D eigenvalue weighted by atomic mass is 9.89. The molecule has 1 aromatic rings. The second-order valence-electron chi connectivity index (χ2n) is 5.64. The summed E-state index contributed by atoms with van der Waals surface area (Å²) in [5, 5.41) is 3.31. The topological polar surface area (TPSA) is 47.3 Å². The van der Waals surface area contributed by atoms with Gasteiger partial charge in [0.1, 0.15) is 12.4 Å². The molecule has 0 atom stereocenters. The monoisotopic (exact) mass is 252 g/mol. The van der Waals surface area contributed by atoms with Crippen LogP contribution in [0.2, 0.25) is 0 Å². The van der Waals surface area contributed by atoms with E-state index in [2.05, 4.69) is 31.1 Å². The Labute approximate surface area is 109 Å². The lowest BCUT2D eigenvalue weighted by molar-refractivity contribution is 0.0990. The molecule has 1 N–H and O–H groups in total. The van der Waals surface area contributed by atoms with Crippen molar-refractivity contribution in [2.75, 3.05) is 0 Å². The van der Waals surface area contributed by atoms with E-state index in [1.165, 1.54) is 12.8 Å². The molecule has 4 nitrogen and oxygen atoms in total. The van der Waals surface area contributed by atoms with Gasteiger partial charge in [0.15, 0.2) is 0 Å². The Balaban J connectivity index is 1.79. The molecule has 0 aliphatic heterocycles. The lowest BCUT2D eigenvalue weighted by Crippen LogP contribution is -2.23. The zero-order chi connectivity index (χ0) is 13.0. The molecular weight excluding hydrogens is 228 g/mol. The maximum atomic E-state index is 5.79. The average Bonchev–Trinajstić information content (AvgIpc) is 2.77. The summed E-state index contributed by atoms with van der Waals surface area (Å²) in [7, 11) is 0. The van der Waals surface area contributed by atoms with E-state index in [9.17, 15) is 0 Å². The smallest absolute Gasteiger partial charge is 0.394 e. The highest BCUT2D eigenvalue weighted by atomic mass is 16.6. The normalized spacial score (nSPS) is 24.4. The molecule has 4 heteroatoms. The van der Waals surface area contributed by atoms with Crippen molar-refractivity contribution in [1.82, 2.24) is 10.3 Å². The summed E-state index contributed by atoms with van der Waals surface area (Å²) in [6, 6.07) is 0.450. The Kier molecular flexibility index (Phi) is 4.64. The van der Waals surface area contributed by atoms with Gasteiger partial charge in [0.25, 0.3) is 0 Å². The van der Waals surface area contributed by atoms with Gasteiger partial charge in [-0.15, -0.1) is 0 Å². The number of nitrogens with one attached hydrogen (secondary N) is 1. The predicted octanol–water partition coefficient (Wildman–Crippen LogP) is 3.13. The van der Waals surface area contributed by atoms with E-state index in [-0.39, 0.29) is 6.10 Å². The molecule has 18 heavy (non-hydrogen) atoms. The fraction of sp³-hybridized carbons (Fsp3) is 0.786. The van der Waals surface area contributed by atoms with Crippen molar-refractivity contribution >= 4 is 0 Å². The van der Waals surface area contributed by atoms with E-state index in [4.69, 9.17) is 9.15 Å². The van der Waals surface area contributed by atoms with Gasteiger partial charge in [0.2, 0.25) is 0 Å². The summed E-state index contributed by atoms with van der Waals surface area (Å²) in [4.78, 5) is 4.34. The van der Waals surface area contributed by atoms with Crippen molar-refractivity contribution in [3.05, 3.63) is 12.0 Å². The number of nitrogens with zero attached hydrogens (tertiary/aromatic N) is 1. The minimum Gasteiger partial charge on any atom is -0.447 e. The van der Waals surface area contributed by atoms with Gasteiger partial charge < -0.3 is 14.5 Å². The molecule has 1 saturated carbocycles. The van der Waals surface area contributed by atoms with Gasteiger partial charge >= 0.3 is 6.08 Å². The maximum absolute atomic E-state index is 5.79. The number of hydrogen-bond acceptors (Lipinski definition) is 4. The molecule has 0 amide bonds. The number of oxazole rings is 1. The molecule has 0 bridgehead atoms. The van der Waals surface area contributed by atoms with E-state index >= 15 is 0 Å². The molecule has 0 unspecified atom stereocenters.